The van der Waals surface area contributed by atoms with Gasteiger partial charge in [-0.15, -0.1) is 0 Å². The van der Waals surface area contributed by atoms with Crippen molar-refractivity contribution in [2.75, 3.05) is 39.3 Å². The first kappa shape index (κ1) is 18.2. The molecule has 2 heterocycles. The lowest BCUT2D eigenvalue weighted by molar-refractivity contribution is -0.136. The molecule has 2 saturated heterocycles. The number of likely N-dealkylation sites (tertiary alicyclic amines) is 1. The van der Waals surface area contributed by atoms with Gasteiger partial charge in [0.05, 0.1) is 6.04 Å². The van der Waals surface area contributed by atoms with E-state index in [1.807, 2.05) is 9.80 Å². The van der Waals surface area contributed by atoms with Crippen LogP contribution >= 0.6 is 0 Å². The molecule has 2 rings (SSSR count). The van der Waals surface area contributed by atoms with Crippen molar-refractivity contribution in [3.8, 4) is 0 Å². The standard InChI is InChI=1S/C18H33N3O2/c1-14(2)5-7-21-8-6-16(18(21)23)19-9-11-20(12-10-19)17(22)13-15(3)4/h14-16H,5-13H2,1-4H3. The average molecular weight is 323 g/mol. The van der Waals surface area contributed by atoms with Gasteiger partial charge in [-0.05, 0) is 24.7 Å². The predicted octanol–water partition coefficient (Wildman–Crippen LogP) is 1.82. The van der Waals surface area contributed by atoms with E-state index < -0.39 is 0 Å². The van der Waals surface area contributed by atoms with Crippen molar-refractivity contribution in [1.29, 1.82) is 0 Å². The highest BCUT2D eigenvalue weighted by Gasteiger charge is 2.37. The zero-order valence-electron chi connectivity index (χ0n) is 15.3. The molecule has 5 nitrogen and oxygen atoms in total. The predicted molar refractivity (Wildman–Crippen MR) is 92.0 cm³/mol. The monoisotopic (exact) mass is 323 g/mol. The Hall–Kier alpha value is -1.10. The molecule has 0 aliphatic carbocycles. The molecule has 1 unspecified atom stereocenters. The highest BCUT2D eigenvalue weighted by molar-refractivity contribution is 5.84. The van der Waals surface area contributed by atoms with E-state index in [9.17, 15) is 9.59 Å². The van der Waals surface area contributed by atoms with E-state index in [4.69, 9.17) is 0 Å². The molecule has 0 aromatic carbocycles. The molecule has 23 heavy (non-hydrogen) atoms. The number of carbonyl (C=O) groups is 2. The van der Waals surface area contributed by atoms with Gasteiger partial charge in [-0.25, -0.2) is 0 Å². The smallest absolute Gasteiger partial charge is 0.239 e. The molecule has 0 spiro atoms. The summed E-state index contributed by atoms with van der Waals surface area (Å²) in [5.74, 6) is 1.60. The lowest BCUT2D eigenvalue weighted by Crippen LogP contribution is -2.54. The molecule has 5 heteroatoms. The summed E-state index contributed by atoms with van der Waals surface area (Å²) in [7, 11) is 0. The summed E-state index contributed by atoms with van der Waals surface area (Å²) in [6, 6.07) is 0.0458. The van der Waals surface area contributed by atoms with Crippen LogP contribution < -0.4 is 0 Å². The molecule has 0 aromatic heterocycles. The molecule has 0 radical (unpaired) electrons. The minimum atomic E-state index is 0.0458. The fourth-order valence-corrected chi connectivity index (χ4v) is 3.46. The molecule has 0 N–H and O–H groups in total. The van der Waals surface area contributed by atoms with Crippen LogP contribution in [-0.4, -0.2) is 71.8 Å². The first-order chi connectivity index (χ1) is 10.9. The molecule has 1 atom stereocenters. The fraction of sp³-hybridized carbons (Fsp3) is 0.889. The number of hydrogen-bond acceptors (Lipinski definition) is 3. The lowest BCUT2D eigenvalue weighted by Gasteiger charge is -2.37. The molecule has 0 aromatic rings. The van der Waals surface area contributed by atoms with Crippen molar-refractivity contribution in [1.82, 2.24) is 14.7 Å². The van der Waals surface area contributed by atoms with Gasteiger partial charge < -0.3 is 9.80 Å². The Morgan fingerprint density at radius 1 is 1.04 bits per heavy atom. The minimum absolute atomic E-state index is 0.0458. The molecule has 132 valence electrons. The number of nitrogens with zero attached hydrogens (tertiary/aromatic N) is 3. The Morgan fingerprint density at radius 2 is 1.70 bits per heavy atom. The van der Waals surface area contributed by atoms with E-state index in [-0.39, 0.29) is 11.9 Å². The van der Waals surface area contributed by atoms with Crippen molar-refractivity contribution in [2.45, 2.75) is 53.0 Å². The Balaban J connectivity index is 1.79. The highest BCUT2D eigenvalue weighted by atomic mass is 16.2. The van der Waals surface area contributed by atoms with Crippen LogP contribution in [0.5, 0.6) is 0 Å². The molecule has 2 aliphatic rings. The summed E-state index contributed by atoms with van der Waals surface area (Å²) < 4.78 is 0. The average Bonchev–Trinajstić information content (AvgIpc) is 2.85. The van der Waals surface area contributed by atoms with Crippen molar-refractivity contribution in [3.63, 3.8) is 0 Å². The van der Waals surface area contributed by atoms with Gasteiger partial charge in [0.15, 0.2) is 0 Å². The molecule has 0 saturated carbocycles. The van der Waals surface area contributed by atoms with E-state index in [0.29, 0.717) is 24.2 Å². The van der Waals surface area contributed by atoms with Crippen molar-refractivity contribution >= 4 is 11.8 Å². The van der Waals surface area contributed by atoms with Gasteiger partial charge in [-0.3, -0.25) is 14.5 Å². The molecular weight excluding hydrogens is 290 g/mol. The van der Waals surface area contributed by atoms with Crippen LogP contribution in [0.4, 0.5) is 0 Å². The van der Waals surface area contributed by atoms with Gasteiger partial charge in [-0.1, -0.05) is 27.7 Å². The summed E-state index contributed by atoms with van der Waals surface area (Å²) in [6.07, 6.45) is 2.65. The third-order valence-electron chi connectivity index (χ3n) is 4.94. The van der Waals surface area contributed by atoms with Gasteiger partial charge in [0.25, 0.3) is 0 Å². The first-order valence-electron chi connectivity index (χ1n) is 9.19. The topological polar surface area (TPSA) is 43.9 Å². The number of piperazine rings is 1. The van der Waals surface area contributed by atoms with Crippen molar-refractivity contribution < 1.29 is 9.59 Å². The zero-order valence-corrected chi connectivity index (χ0v) is 15.3. The third-order valence-corrected chi connectivity index (χ3v) is 4.94. The Kier molecular flexibility index (Phi) is 6.45. The molecule has 0 bridgehead atoms. The van der Waals surface area contributed by atoms with Crippen LogP contribution in [0.15, 0.2) is 0 Å². The normalized spacial score (nSPS) is 23.4. The van der Waals surface area contributed by atoms with E-state index in [2.05, 4.69) is 32.6 Å². The van der Waals surface area contributed by atoms with Crippen LogP contribution in [0.2, 0.25) is 0 Å². The maximum absolute atomic E-state index is 12.6. The number of rotatable bonds is 6. The summed E-state index contributed by atoms with van der Waals surface area (Å²) in [4.78, 5) is 31.0. The van der Waals surface area contributed by atoms with Crippen LogP contribution in [0.3, 0.4) is 0 Å². The molecule has 2 aliphatic heterocycles. The van der Waals surface area contributed by atoms with Crippen LogP contribution in [-0.2, 0) is 9.59 Å². The van der Waals surface area contributed by atoms with Crippen LogP contribution in [0.25, 0.3) is 0 Å². The minimum Gasteiger partial charge on any atom is -0.341 e. The summed E-state index contributed by atoms with van der Waals surface area (Å²) in [5, 5.41) is 0. The van der Waals surface area contributed by atoms with Gasteiger partial charge >= 0.3 is 0 Å². The molecule has 2 fully saturated rings. The van der Waals surface area contributed by atoms with Gasteiger partial charge in [0.2, 0.25) is 11.8 Å². The van der Waals surface area contributed by atoms with Gasteiger partial charge in [0.1, 0.15) is 0 Å². The second-order valence-corrected chi connectivity index (χ2v) is 7.83. The van der Waals surface area contributed by atoms with Crippen LogP contribution in [0.1, 0.15) is 47.0 Å². The number of carbonyl (C=O) groups excluding carboxylic acids is 2. The molecular formula is C18H33N3O2. The van der Waals surface area contributed by atoms with E-state index >= 15 is 0 Å². The SMILES string of the molecule is CC(C)CCN1CCC(N2CCN(C(=O)CC(C)C)CC2)C1=O. The van der Waals surface area contributed by atoms with E-state index in [1.54, 1.807) is 0 Å². The second kappa shape index (κ2) is 8.13. The van der Waals surface area contributed by atoms with E-state index in [0.717, 1.165) is 52.1 Å². The molecule has 2 amide bonds. The summed E-state index contributed by atoms with van der Waals surface area (Å²) in [6.45, 7) is 13.5. The zero-order chi connectivity index (χ0) is 17.0. The van der Waals surface area contributed by atoms with Crippen LogP contribution in [0, 0.1) is 11.8 Å². The second-order valence-electron chi connectivity index (χ2n) is 7.83. The Labute approximate surface area is 141 Å². The van der Waals surface area contributed by atoms with Gasteiger partial charge in [0, 0.05) is 45.7 Å². The maximum atomic E-state index is 12.6. The Morgan fingerprint density at radius 3 is 2.26 bits per heavy atom. The summed E-state index contributed by atoms with van der Waals surface area (Å²) in [5.41, 5.74) is 0. The van der Waals surface area contributed by atoms with Crippen molar-refractivity contribution in [2.24, 2.45) is 11.8 Å². The number of amides is 2. The largest absolute Gasteiger partial charge is 0.341 e. The first-order valence-corrected chi connectivity index (χ1v) is 9.19. The third kappa shape index (κ3) is 4.93. The van der Waals surface area contributed by atoms with Gasteiger partial charge in [-0.2, -0.15) is 0 Å². The fourth-order valence-electron chi connectivity index (χ4n) is 3.46. The summed E-state index contributed by atoms with van der Waals surface area (Å²) >= 11 is 0. The maximum Gasteiger partial charge on any atom is 0.239 e. The lowest BCUT2D eigenvalue weighted by atomic mass is 10.1. The van der Waals surface area contributed by atoms with Crippen molar-refractivity contribution in [3.05, 3.63) is 0 Å². The number of hydrogen-bond donors (Lipinski definition) is 0. The van der Waals surface area contributed by atoms with E-state index in [1.165, 1.54) is 0 Å². The quantitative estimate of drug-likeness (QED) is 0.749. The Bertz CT molecular complexity index is 414. The highest BCUT2D eigenvalue weighted by Crippen LogP contribution is 2.20.